The molecule has 2 unspecified atom stereocenters. The second-order valence-electron chi connectivity index (χ2n) is 11.0. The number of nitrogens with zero attached hydrogens (tertiary/aromatic N) is 3. The molecule has 1 fully saturated rings. The van der Waals surface area contributed by atoms with E-state index in [0.717, 1.165) is 45.8 Å². The van der Waals surface area contributed by atoms with Gasteiger partial charge in [-0.15, -0.1) is 4.91 Å². The van der Waals surface area contributed by atoms with E-state index < -0.39 is 17.6 Å². The Balaban J connectivity index is 1.41. The standard InChI is InChI=1S/C28H34N5O7PS/c1-17-13-24-25-23(19-5-4-6-21(14-19)42(38,39)20-7-8-20)15-22(18(2)26(25)31-27(24)30-16-17)28(34)29-9-10-33(3)11-12-40-41(36,37)32-35/h4-6,14-16,20,24H,7-13H2,1-3H3,(H,29,34)(H,30,31)(H,36,37). The average Bonchev–Trinajstić information content (AvgIpc) is 3.75. The molecule has 0 saturated heterocycles. The molecule has 3 aliphatic rings. The van der Waals surface area contributed by atoms with Gasteiger partial charge in [0.1, 0.15) is 5.84 Å². The monoisotopic (exact) mass is 615 g/mol. The number of hydrogen-bond acceptors (Lipinski definition) is 9. The fourth-order valence-electron chi connectivity index (χ4n) is 5.34. The number of sulfone groups is 1. The molecule has 2 atom stereocenters. The van der Waals surface area contributed by atoms with Gasteiger partial charge in [0.25, 0.3) is 5.91 Å². The maximum atomic E-state index is 13.5. The summed E-state index contributed by atoms with van der Waals surface area (Å²) < 4.78 is 41.9. The first-order chi connectivity index (χ1) is 19.9. The minimum atomic E-state index is -4.46. The van der Waals surface area contributed by atoms with Crippen molar-refractivity contribution in [2.75, 3.05) is 38.6 Å². The summed E-state index contributed by atoms with van der Waals surface area (Å²) in [5, 5.41) is 6.03. The summed E-state index contributed by atoms with van der Waals surface area (Å²) in [5.74, 6) is 0.486. The van der Waals surface area contributed by atoms with E-state index in [0.29, 0.717) is 24.9 Å². The lowest BCUT2D eigenvalue weighted by atomic mass is 9.84. The molecule has 42 heavy (non-hydrogen) atoms. The van der Waals surface area contributed by atoms with E-state index >= 15 is 0 Å². The van der Waals surface area contributed by atoms with Crippen LogP contribution < -0.4 is 10.6 Å². The Morgan fingerprint density at radius 2 is 2.02 bits per heavy atom. The summed E-state index contributed by atoms with van der Waals surface area (Å²) in [7, 11) is -6.12. The Hall–Kier alpha value is -3.22. The number of nitrogens with one attached hydrogen (secondary N) is 2. The molecule has 14 heteroatoms. The Labute approximate surface area is 244 Å². The zero-order chi connectivity index (χ0) is 30.2. The number of allylic oxidation sites excluding steroid dienone is 1. The second kappa shape index (κ2) is 11.8. The number of rotatable bonds is 12. The number of amidine groups is 1. The predicted octanol–water partition coefficient (Wildman–Crippen LogP) is 4.36. The fourth-order valence-corrected chi connectivity index (χ4v) is 7.41. The van der Waals surface area contributed by atoms with Gasteiger partial charge in [-0.1, -0.05) is 17.7 Å². The van der Waals surface area contributed by atoms with Crippen molar-refractivity contribution in [3.05, 3.63) is 63.7 Å². The molecule has 3 N–H and O–H groups in total. The lowest BCUT2D eigenvalue weighted by Crippen LogP contribution is -2.34. The fraction of sp³-hybridized carbons (Fsp3) is 0.429. The molecule has 2 heterocycles. The van der Waals surface area contributed by atoms with E-state index in [1.54, 1.807) is 30.1 Å². The van der Waals surface area contributed by atoms with E-state index in [9.17, 15) is 22.7 Å². The van der Waals surface area contributed by atoms with Crippen LogP contribution in [0.2, 0.25) is 0 Å². The number of nitroso groups, excluding NO2 is 1. The highest BCUT2D eigenvalue weighted by Gasteiger charge is 2.38. The van der Waals surface area contributed by atoms with E-state index in [2.05, 4.69) is 25.1 Å². The Morgan fingerprint density at radius 1 is 1.26 bits per heavy atom. The van der Waals surface area contributed by atoms with Crippen LogP contribution in [0, 0.1) is 11.8 Å². The van der Waals surface area contributed by atoms with Crippen LogP contribution in [0.3, 0.4) is 0 Å². The Kier molecular flexibility index (Phi) is 8.51. The molecule has 2 aliphatic heterocycles. The summed E-state index contributed by atoms with van der Waals surface area (Å²) in [5.41, 5.74) is 5.69. The molecule has 224 valence electrons. The number of amides is 1. The van der Waals surface area contributed by atoms with Gasteiger partial charge >= 0.3 is 7.75 Å². The highest BCUT2D eigenvalue weighted by molar-refractivity contribution is 7.92. The van der Waals surface area contributed by atoms with Gasteiger partial charge in [0.15, 0.2) is 9.84 Å². The quantitative estimate of drug-likeness (QED) is 0.232. The number of benzene rings is 2. The molecule has 1 saturated carbocycles. The van der Waals surface area contributed by atoms with E-state index in [4.69, 9.17) is 4.89 Å². The molecule has 0 spiro atoms. The lowest BCUT2D eigenvalue weighted by molar-refractivity contribution is 0.0948. The highest BCUT2D eigenvalue weighted by atomic mass is 32.2. The minimum absolute atomic E-state index is 0.0287. The van der Waals surface area contributed by atoms with Crippen molar-refractivity contribution in [2.45, 2.75) is 49.2 Å². The van der Waals surface area contributed by atoms with Crippen molar-refractivity contribution in [3.8, 4) is 11.1 Å². The van der Waals surface area contributed by atoms with Gasteiger partial charge in [0.2, 0.25) is 0 Å². The molecule has 2 aromatic rings. The third-order valence-corrected chi connectivity index (χ3v) is 10.8. The molecular weight excluding hydrogens is 581 g/mol. The summed E-state index contributed by atoms with van der Waals surface area (Å²) in [6.07, 6.45) is 3.96. The molecule has 1 aliphatic carbocycles. The molecule has 0 aromatic heterocycles. The number of likely N-dealkylation sites (N-methyl/N-ethyl adjacent to an activating group) is 1. The first-order valence-electron chi connectivity index (χ1n) is 13.7. The molecule has 2 aromatic carbocycles. The first-order valence-corrected chi connectivity index (χ1v) is 16.8. The van der Waals surface area contributed by atoms with Gasteiger partial charge in [0, 0.05) is 48.0 Å². The van der Waals surface area contributed by atoms with Crippen LogP contribution in [0.4, 0.5) is 5.69 Å². The number of hydrogen-bond donors (Lipinski definition) is 3. The molecule has 12 nitrogen and oxygen atoms in total. The zero-order valence-electron chi connectivity index (χ0n) is 23.7. The van der Waals surface area contributed by atoms with E-state index in [1.807, 2.05) is 32.2 Å². The largest absolute Gasteiger partial charge is 0.487 e. The van der Waals surface area contributed by atoms with Crippen molar-refractivity contribution >= 4 is 35.0 Å². The summed E-state index contributed by atoms with van der Waals surface area (Å²) in [6, 6.07) is 8.81. The molecule has 0 radical (unpaired) electrons. The third-order valence-electron chi connectivity index (χ3n) is 7.81. The number of aliphatic imine (C=N–C) groups is 1. The van der Waals surface area contributed by atoms with Crippen molar-refractivity contribution in [1.82, 2.24) is 10.2 Å². The van der Waals surface area contributed by atoms with Crippen LogP contribution in [0.5, 0.6) is 0 Å². The maximum Gasteiger partial charge on any atom is 0.487 e. The van der Waals surface area contributed by atoms with Crippen LogP contribution in [0.25, 0.3) is 11.1 Å². The van der Waals surface area contributed by atoms with E-state index in [1.165, 1.54) is 0 Å². The molecule has 1 amide bonds. The number of carbonyl (C=O) groups excluding carboxylic acids is 1. The Morgan fingerprint density at radius 3 is 2.74 bits per heavy atom. The van der Waals surface area contributed by atoms with Crippen molar-refractivity contribution in [3.63, 3.8) is 0 Å². The van der Waals surface area contributed by atoms with Gasteiger partial charge in [0.05, 0.1) is 16.8 Å². The van der Waals surface area contributed by atoms with Gasteiger partial charge in [-0.25, -0.2) is 18.0 Å². The smallest absolute Gasteiger partial charge is 0.351 e. The first kappa shape index (κ1) is 30.2. The van der Waals surface area contributed by atoms with Crippen molar-refractivity contribution in [1.29, 1.82) is 0 Å². The topological polar surface area (TPSA) is 167 Å². The summed E-state index contributed by atoms with van der Waals surface area (Å²) >= 11 is 0. The van der Waals surface area contributed by atoms with Crippen LogP contribution in [0.15, 0.2) is 56.9 Å². The van der Waals surface area contributed by atoms with Crippen LogP contribution in [0.1, 0.15) is 53.6 Å². The number of fused-ring (bicyclic) bond motifs is 3. The highest BCUT2D eigenvalue weighted by Crippen LogP contribution is 2.48. The summed E-state index contributed by atoms with van der Waals surface area (Å²) in [4.78, 5) is 41.6. The zero-order valence-corrected chi connectivity index (χ0v) is 25.4. The SMILES string of the molecule is CC1=CN=C2Nc3c(C)c(C(=O)NCCN(C)CCOP(=O)(O)N=O)cc(-c4cccc(S(=O)(=O)C5CC5)c4)c3C2C1. The van der Waals surface area contributed by atoms with Gasteiger partial charge < -0.3 is 20.4 Å². The van der Waals surface area contributed by atoms with Gasteiger partial charge in [-0.3, -0.25) is 9.32 Å². The summed E-state index contributed by atoms with van der Waals surface area (Å²) in [6.45, 7) is 4.69. The van der Waals surface area contributed by atoms with Crippen LogP contribution >= 0.6 is 7.75 Å². The number of anilines is 1. The maximum absolute atomic E-state index is 13.5. The predicted molar refractivity (Wildman–Crippen MR) is 160 cm³/mol. The lowest BCUT2D eigenvalue weighted by Gasteiger charge is -2.21. The normalized spacial score (nSPS) is 19.2. The van der Waals surface area contributed by atoms with E-state index in [-0.39, 0.29) is 41.7 Å². The van der Waals surface area contributed by atoms with Crippen molar-refractivity contribution in [2.24, 2.45) is 9.94 Å². The average molecular weight is 616 g/mol. The van der Waals surface area contributed by atoms with Crippen molar-refractivity contribution < 1.29 is 27.2 Å². The Bertz CT molecular complexity index is 1650. The molecule has 0 bridgehead atoms. The third kappa shape index (κ3) is 6.25. The van der Waals surface area contributed by atoms with Crippen LogP contribution in [-0.2, 0) is 18.9 Å². The minimum Gasteiger partial charge on any atom is -0.351 e. The van der Waals surface area contributed by atoms with Gasteiger partial charge in [-0.2, -0.15) is 0 Å². The second-order valence-corrected chi connectivity index (χ2v) is 14.6. The number of carbonyl (C=O) groups is 1. The van der Waals surface area contributed by atoms with Crippen LogP contribution in [-0.4, -0.2) is 68.5 Å². The molecule has 5 rings (SSSR count). The molecular formula is C28H34N5O7PS. The van der Waals surface area contributed by atoms with Gasteiger partial charge in [-0.05, 0) is 80.6 Å².